The van der Waals surface area contributed by atoms with Crippen LogP contribution in [0.3, 0.4) is 0 Å². The molecule has 0 radical (unpaired) electrons. The lowest BCUT2D eigenvalue weighted by molar-refractivity contribution is -0.115. The molecule has 3 aliphatic heterocycles. The molecule has 2 atom stereocenters. The summed E-state index contributed by atoms with van der Waals surface area (Å²) in [5, 5.41) is 6.52. The summed E-state index contributed by atoms with van der Waals surface area (Å²) in [7, 11) is 0. The Morgan fingerprint density at radius 3 is 2.92 bits per heavy atom. The zero-order valence-electron chi connectivity index (χ0n) is 13.4. The minimum atomic E-state index is 0. The van der Waals surface area contributed by atoms with Crippen molar-refractivity contribution >= 4 is 41.7 Å². The number of carbonyl (C=O) groups is 2. The summed E-state index contributed by atoms with van der Waals surface area (Å²) in [5.41, 5.74) is 1.45. The molecule has 0 aliphatic carbocycles. The highest BCUT2D eigenvalue weighted by atomic mass is 35.5. The molecule has 2 bridgehead atoms. The van der Waals surface area contributed by atoms with Gasteiger partial charge in [0.1, 0.15) is 0 Å². The molecule has 3 heterocycles. The van der Waals surface area contributed by atoms with Crippen molar-refractivity contribution in [3.8, 4) is 0 Å². The largest absolute Gasteiger partial charge is 0.337 e. The van der Waals surface area contributed by atoms with Gasteiger partial charge in [-0.2, -0.15) is 0 Å². The third-order valence-corrected chi connectivity index (χ3v) is 5.97. The highest BCUT2D eigenvalue weighted by Crippen LogP contribution is 2.32. The smallest absolute Gasteiger partial charge is 0.253 e. The molecule has 130 valence electrons. The predicted molar refractivity (Wildman–Crippen MR) is 98.1 cm³/mol. The van der Waals surface area contributed by atoms with Crippen LogP contribution in [-0.4, -0.2) is 47.6 Å². The van der Waals surface area contributed by atoms with E-state index >= 15 is 0 Å². The van der Waals surface area contributed by atoms with Gasteiger partial charge in [-0.05, 0) is 37.5 Å². The molecule has 1 aromatic carbocycles. The maximum atomic E-state index is 12.9. The van der Waals surface area contributed by atoms with Gasteiger partial charge in [-0.3, -0.25) is 9.59 Å². The fraction of sp³-hybridized carbons (Fsp3) is 0.529. The summed E-state index contributed by atoms with van der Waals surface area (Å²) in [5.74, 6) is 0.885. The van der Waals surface area contributed by atoms with E-state index in [0.717, 1.165) is 42.3 Å². The molecule has 2 N–H and O–H groups in total. The van der Waals surface area contributed by atoms with Gasteiger partial charge in [-0.25, -0.2) is 0 Å². The quantitative estimate of drug-likeness (QED) is 0.800. The predicted octanol–water partition coefficient (Wildman–Crippen LogP) is 2.51. The Balaban J connectivity index is 0.00000169. The van der Waals surface area contributed by atoms with E-state index in [0.29, 0.717) is 24.1 Å². The highest BCUT2D eigenvalue weighted by molar-refractivity contribution is 7.99. The van der Waals surface area contributed by atoms with Gasteiger partial charge in [0.05, 0.1) is 5.69 Å². The Labute approximate surface area is 152 Å². The molecule has 5 nitrogen and oxygen atoms in total. The average Bonchev–Trinajstić information content (AvgIpc) is 2.75. The van der Waals surface area contributed by atoms with Crippen molar-refractivity contribution in [2.24, 2.45) is 0 Å². The summed E-state index contributed by atoms with van der Waals surface area (Å²) in [6.07, 6.45) is 3.93. The van der Waals surface area contributed by atoms with Crippen LogP contribution in [0.5, 0.6) is 0 Å². The molecule has 4 rings (SSSR count). The molecule has 2 saturated heterocycles. The Morgan fingerprint density at radius 2 is 2.04 bits per heavy atom. The van der Waals surface area contributed by atoms with Gasteiger partial charge in [0.15, 0.2) is 0 Å². The van der Waals surface area contributed by atoms with Crippen molar-refractivity contribution in [1.29, 1.82) is 0 Å². The number of likely N-dealkylation sites (tertiary alicyclic amines) is 1. The number of nitrogens with one attached hydrogen (secondary N) is 2. The number of thioether (sulfide) groups is 1. The average molecular weight is 368 g/mol. The fourth-order valence-electron chi connectivity index (χ4n) is 3.66. The maximum Gasteiger partial charge on any atom is 0.253 e. The molecular formula is C17H22ClN3O2S. The first-order valence-electron chi connectivity index (χ1n) is 8.31. The normalized spacial score (nSPS) is 25.8. The number of hydrogen-bond acceptors (Lipinski definition) is 4. The van der Waals surface area contributed by atoms with Crippen LogP contribution in [-0.2, 0) is 4.79 Å². The maximum absolute atomic E-state index is 12.9. The summed E-state index contributed by atoms with van der Waals surface area (Å²) in [6, 6.07) is 6.69. The number of nitrogens with zero attached hydrogens (tertiary/aromatic N) is 1. The summed E-state index contributed by atoms with van der Waals surface area (Å²) in [6.45, 7) is 1.60. The van der Waals surface area contributed by atoms with Crippen LogP contribution >= 0.6 is 24.2 Å². The first-order chi connectivity index (χ1) is 11.2. The van der Waals surface area contributed by atoms with Crippen LogP contribution in [0.25, 0.3) is 0 Å². The van der Waals surface area contributed by atoms with Gasteiger partial charge < -0.3 is 15.5 Å². The number of fused-ring (bicyclic) bond motifs is 3. The zero-order valence-corrected chi connectivity index (χ0v) is 15.0. The van der Waals surface area contributed by atoms with Crippen molar-refractivity contribution in [1.82, 2.24) is 10.2 Å². The van der Waals surface area contributed by atoms with E-state index in [1.54, 1.807) is 11.8 Å². The van der Waals surface area contributed by atoms with Crippen LogP contribution in [0.4, 0.5) is 5.69 Å². The SMILES string of the molecule is Cl.O=C1CCSc2ccc(C(=O)N3CCC4CCC(C3)N4)cc2N1. The number of amides is 2. The number of rotatable bonds is 1. The van der Waals surface area contributed by atoms with Crippen LogP contribution < -0.4 is 10.6 Å². The number of carbonyl (C=O) groups excluding carboxylic acids is 2. The van der Waals surface area contributed by atoms with E-state index in [4.69, 9.17) is 0 Å². The molecule has 0 spiro atoms. The van der Waals surface area contributed by atoms with Crippen molar-refractivity contribution in [3.05, 3.63) is 23.8 Å². The van der Waals surface area contributed by atoms with E-state index in [1.807, 2.05) is 23.1 Å². The van der Waals surface area contributed by atoms with Crippen molar-refractivity contribution in [3.63, 3.8) is 0 Å². The van der Waals surface area contributed by atoms with Gasteiger partial charge in [0, 0.05) is 47.8 Å². The van der Waals surface area contributed by atoms with Crippen LogP contribution in [0.15, 0.2) is 23.1 Å². The molecule has 0 aromatic heterocycles. The van der Waals surface area contributed by atoms with E-state index in [-0.39, 0.29) is 24.2 Å². The lowest BCUT2D eigenvalue weighted by Crippen LogP contribution is -2.39. The van der Waals surface area contributed by atoms with Gasteiger partial charge in [0.2, 0.25) is 5.91 Å². The topological polar surface area (TPSA) is 61.4 Å². The monoisotopic (exact) mass is 367 g/mol. The second kappa shape index (κ2) is 7.33. The summed E-state index contributed by atoms with van der Waals surface area (Å²) >= 11 is 1.66. The van der Waals surface area contributed by atoms with Crippen LogP contribution in [0.1, 0.15) is 36.0 Å². The molecule has 1 aromatic rings. The lowest BCUT2D eigenvalue weighted by atomic mass is 10.1. The van der Waals surface area contributed by atoms with Crippen molar-refractivity contribution in [2.45, 2.75) is 42.7 Å². The zero-order chi connectivity index (χ0) is 15.8. The molecule has 0 saturated carbocycles. The number of benzene rings is 1. The molecule has 3 aliphatic rings. The summed E-state index contributed by atoms with van der Waals surface area (Å²) in [4.78, 5) is 27.6. The molecule has 2 amide bonds. The molecule has 2 unspecified atom stereocenters. The summed E-state index contributed by atoms with van der Waals surface area (Å²) < 4.78 is 0. The Morgan fingerprint density at radius 1 is 1.21 bits per heavy atom. The van der Waals surface area contributed by atoms with Crippen LogP contribution in [0, 0.1) is 0 Å². The van der Waals surface area contributed by atoms with Crippen molar-refractivity contribution < 1.29 is 9.59 Å². The van der Waals surface area contributed by atoms with Gasteiger partial charge in [-0.15, -0.1) is 24.2 Å². The fourth-order valence-corrected chi connectivity index (χ4v) is 4.60. The van der Waals surface area contributed by atoms with E-state index in [9.17, 15) is 9.59 Å². The van der Waals surface area contributed by atoms with E-state index in [2.05, 4.69) is 10.6 Å². The minimum Gasteiger partial charge on any atom is -0.337 e. The minimum absolute atomic E-state index is 0. The molecular weight excluding hydrogens is 346 g/mol. The highest BCUT2D eigenvalue weighted by Gasteiger charge is 2.31. The number of anilines is 1. The molecule has 24 heavy (non-hydrogen) atoms. The van der Waals surface area contributed by atoms with Gasteiger partial charge in [0.25, 0.3) is 5.91 Å². The Hall–Kier alpha value is -1.24. The second-order valence-electron chi connectivity index (χ2n) is 6.54. The standard InChI is InChI=1S/C17H21N3O2S.ClH/c21-16-6-8-23-15-4-1-11(9-14(15)19-16)17(22)20-7-5-12-2-3-13(10-20)18-12;/h1,4,9,12-13,18H,2-3,5-8,10H2,(H,19,21);1H. The van der Waals surface area contributed by atoms with Gasteiger partial charge in [-0.1, -0.05) is 0 Å². The van der Waals surface area contributed by atoms with Gasteiger partial charge >= 0.3 is 0 Å². The second-order valence-corrected chi connectivity index (χ2v) is 7.67. The first kappa shape index (κ1) is 17.6. The lowest BCUT2D eigenvalue weighted by Gasteiger charge is -2.24. The third-order valence-electron chi connectivity index (χ3n) is 4.90. The van der Waals surface area contributed by atoms with E-state index < -0.39 is 0 Å². The van der Waals surface area contributed by atoms with E-state index in [1.165, 1.54) is 6.42 Å². The van der Waals surface area contributed by atoms with Crippen molar-refractivity contribution in [2.75, 3.05) is 24.2 Å². The Kier molecular flexibility index (Phi) is 5.37. The molecule has 7 heteroatoms. The first-order valence-corrected chi connectivity index (χ1v) is 9.29. The van der Waals surface area contributed by atoms with Crippen LogP contribution in [0.2, 0.25) is 0 Å². The molecule has 2 fully saturated rings. The third kappa shape index (κ3) is 3.55. The Bertz CT molecular complexity index is 655. The number of halogens is 1. The number of hydrogen-bond donors (Lipinski definition) is 2.